The fourth-order valence-corrected chi connectivity index (χ4v) is 4.10. The van der Waals surface area contributed by atoms with Crippen LogP contribution in [0.25, 0.3) is 0 Å². The van der Waals surface area contributed by atoms with Gasteiger partial charge in [-0.3, -0.25) is 9.69 Å². The number of rotatable bonds is 6. The molecule has 0 aliphatic carbocycles. The van der Waals surface area contributed by atoms with Crippen molar-refractivity contribution in [1.29, 1.82) is 0 Å². The number of likely N-dealkylation sites (N-methyl/N-ethyl adjacent to an activating group) is 1. The Morgan fingerprint density at radius 3 is 2.80 bits per heavy atom. The maximum atomic E-state index is 11.4. The van der Waals surface area contributed by atoms with Gasteiger partial charge in [-0.25, -0.2) is 0 Å². The van der Waals surface area contributed by atoms with Crippen molar-refractivity contribution in [2.24, 2.45) is 11.8 Å². The highest BCUT2D eigenvalue weighted by molar-refractivity contribution is 7.10. The molecule has 4 nitrogen and oxygen atoms in total. The first kappa shape index (κ1) is 15.5. The number of ether oxygens (including phenoxy) is 1. The van der Waals surface area contributed by atoms with Crippen molar-refractivity contribution in [2.75, 3.05) is 19.8 Å². The predicted molar refractivity (Wildman–Crippen MR) is 80.0 cm³/mol. The summed E-state index contributed by atoms with van der Waals surface area (Å²) in [6.45, 7) is 8.15. The summed E-state index contributed by atoms with van der Waals surface area (Å²) in [5.74, 6) is -0.737. The van der Waals surface area contributed by atoms with E-state index in [0.717, 1.165) is 6.54 Å². The van der Waals surface area contributed by atoms with Gasteiger partial charge in [-0.1, -0.05) is 26.8 Å². The van der Waals surface area contributed by atoms with Gasteiger partial charge in [0.25, 0.3) is 0 Å². The van der Waals surface area contributed by atoms with E-state index < -0.39 is 11.9 Å². The van der Waals surface area contributed by atoms with E-state index in [9.17, 15) is 9.90 Å². The van der Waals surface area contributed by atoms with Crippen molar-refractivity contribution in [1.82, 2.24) is 4.90 Å². The molecule has 0 bridgehead atoms. The third-order valence-electron chi connectivity index (χ3n) is 3.98. The smallest absolute Gasteiger partial charge is 0.310 e. The van der Waals surface area contributed by atoms with Gasteiger partial charge in [0, 0.05) is 17.0 Å². The van der Waals surface area contributed by atoms with Crippen LogP contribution in [-0.4, -0.2) is 41.8 Å². The number of nitrogens with zero attached hydrogens (tertiary/aromatic N) is 1. The van der Waals surface area contributed by atoms with Gasteiger partial charge >= 0.3 is 5.97 Å². The van der Waals surface area contributed by atoms with Crippen LogP contribution in [-0.2, 0) is 9.53 Å². The highest BCUT2D eigenvalue weighted by Crippen LogP contribution is 2.36. The number of carbonyl (C=O) groups is 1. The Labute approximate surface area is 124 Å². The molecule has 0 amide bonds. The van der Waals surface area contributed by atoms with Crippen molar-refractivity contribution in [3.8, 4) is 0 Å². The minimum atomic E-state index is -0.750. The Morgan fingerprint density at radius 1 is 1.55 bits per heavy atom. The molecule has 2 heterocycles. The highest BCUT2D eigenvalue weighted by Gasteiger charge is 2.41. The first-order valence-electron chi connectivity index (χ1n) is 7.16. The van der Waals surface area contributed by atoms with Crippen LogP contribution in [0.2, 0.25) is 0 Å². The van der Waals surface area contributed by atoms with Crippen LogP contribution in [0.3, 0.4) is 0 Å². The van der Waals surface area contributed by atoms with Gasteiger partial charge in [-0.05, 0) is 23.9 Å². The van der Waals surface area contributed by atoms with E-state index in [1.165, 1.54) is 4.88 Å². The van der Waals surface area contributed by atoms with Crippen molar-refractivity contribution < 1.29 is 14.6 Å². The number of carboxylic acid groups (broad SMARTS) is 1. The molecule has 1 aromatic rings. The summed E-state index contributed by atoms with van der Waals surface area (Å²) in [4.78, 5) is 15.0. The molecule has 112 valence electrons. The van der Waals surface area contributed by atoms with Gasteiger partial charge < -0.3 is 9.84 Å². The topological polar surface area (TPSA) is 49.8 Å². The summed E-state index contributed by atoms with van der Waals surface area (Å²) >= 11 is 1.74. The molecule has 3 unspecified atom stereocenters. The summed E-state index contributed by atoms with van der Waals surface area (Å²) in [6, 6.07) is 4.42. The minimum absolute atomic E-state index is 0.0352. The van der Waals surface area contributed by atoms with Crippen LogP contribution in [0.4, 0.5) is 0 Å². The fraction of sp³-hybridized carbons (Fsp3) is 0.667. The largest absolute Gasteiger partial charge is 0.481 e. The quantitative estimate of drug-likeness (QED) is 0.877. The first-order valence-corrected chi connectivity index (χ1v) is 8.03. The molecule has 20 heavy (non-hydrogen) atoms. The molecule has 1 fully saturated rings. The second kappa shape index (κ2) is 6.70. The van der Waals surface area contributed by atoms with Crippen LogP contribution in [0.1, 0.15) is 31.7 Å². The lowest BCUT2D eigenvalue weighted by Crippen LogP contribution is -2.46. The number of carboxylic acids is 1. The zero-order valence-electron chi connectivity index (χ0n) is 12.3. The average Bonchev–Trinajstić information content (AvgIpc) is 3.05. The van der Waals surface area contributed by atoms with E-state index in [1.807, 2.05) is 0 Å². The monoisotopic (exact) mass is 297 g/mol. The molecule has 1 aliphatic heterocycles. The Bertz CT molecular complexity index is 432. The molecule has 1 aliphatic rings. The Hall–Kier alpha value is -0.910. The lowest BCUT2D eigenvalue weighted by Gasteiger charge is -2.38. The molecule has 0 saturated carbocycles. The molecule has 5 heteroatoms. The molecule has 0 spiro atoms. The van der Waals surface area contributed by atoms with Crippen molar-refractivity contribution in [2.45, 2.75) is 32.9 Å². The third-order valence-corrected chi connectivity index (χ3v) is 4.93. The fourth-order valence-electron chi connectivity index (χ4n) is 3.08. The van der Waals surface area contributed by atoms with Crippen molar-refractivity contribution in [3.05, 3.63) is 22.4 Å². The molecular weight excluding hydrogens is 274 g/mol. The van der Waals surface area contributed by atoms with Gasteiger partial charge in [-0.2, -0.15) is 0 Å². The lowest BCUT2D eigenvalue weighted by molar-refractivity contribution is -0.143. The second-order valence-corrected chi connectivity index (χ2v) is 6.56. The normalized spacial score (nSPS) is 24.4. The van der Waals surface area contributed by atoms with Gasteiger partial charge in [0.1, 0.15) is 0 Å². The Balaban J connectivity index is 2.27. The summed E-state index contributed by atoms with van der Waals surface area (Å²) in [7, 11) is 0. The van der Waals surface area contributed by atoms with Crippen molar-refractivity contribution in [3.63, 3.8) is 0 Å². The zero-order valence-corrected chi connectivity index (χ0v) is 13.1. The Kier molecular flexibility index (Phi) is 5.18. The van der Waals surface area contributed by atoms with Crippen LogP contribution in [0, 0.1) is 11.8 Å². The van der Waals surface area contributed by atoms with E-state index in [-0.39, 0.29) is 12.1 Å². The van der Waals surface area contributed by atoms with Gasteiger partial charge in [-0.15, -0.1) is 11.3 Å². The molecule has 0 radical (unpaired) electrons. The molecule has 3 atom stereocenters. The number of aliphatic carboxylic acids is 1. The van der Waals surface area contributed by atoms with E-state index in [1.54, 1.807) is 11.3 Å². The van der Waals surface area contributed by atoms with Gasteiger partial charge in [0.05, 0.1) is 19.1 Å². The Morgan fingerprint density at radius 2 is 2.30 bits per heavy atom. The van der Waals surface area contributed by atoms with E-state index in [4.69, 9.17) is 4.74 Å². The van der Waals surface area contributed by atoms with E-state index in [2.05, 4.69) is 43.2 Å². The predicted octanol–water partition coefficient (Wildman–Crippen LogP) is 2.87. The number of hydrogen-bond donors (Lipinski definition) is 1. The molecule has 1 saturated heterocycles. The minimum Gasteiger partial charge on any atom is -0.481 e. The van der Waals surface area contributed by atoms with Gasteiger partial charge in [0.15, 0.2) is 0 Å². The summed E-state index contributed by atoms with van der Waals surface area (Å²) in [5, 5.41) is 11.5. The average molecular weight is 297 g/mol. The molecule has 2 rings (SSSR count). The van der Waals surface area contributed by atoms with E-state index in [0.29, 0.717) is 19.1 Å². The van der Waals surface area contributed by atoms with Crippen LogP contribution in [0.5, 0.6) is 0 Å². The maximum Gasteiger partial charge on any atom is 0.310 e. The third kappa shape index (κ3) is 3.05. The molecule has 1 N–H and O–H groups in total. The molecule has 0 aromatic carbocycles. The molecule has 1 aromatic heterocycles. The van der Waals surface area contributed by atoms with Crippen LogP contribution in [0.15, 0.2) is 17.5 Å². The molecular formula is C15H23NO3S. The maximum absolute atomic E-state index is 11.4. The summed E-state index contributed by atoms with van der Waals surface area (Å²) in [5.41, 5.74) is 0. The van der Waals surface area contributed by atoms with Crippen LogP contribution >= 0.6 is 11.3 Å². The first-order chi connectivity index (χ1) is 9.56. The summed E-state index contributed by atoms with van der Waals surface area (Å²) in [6.07, 6.45) is 0. The summed E-state index contributed by atoms with van der Waals surface area (Å²) < 4.78 is 5.44. The number of thiophene rings is 1. The second-order valence-electron chi connectivity index (χ2n) is 5.58. The standard InChI is InChI=1S/C15H23NO3S/c1-4-16(12-9-19-8-11(12)15(17)18)14(10(2)3)13-6-5-7-20-13/h5-7,10-12,14H,4,8-9H2,1-3H3,(H,17,18). The zero-order chi connectivity index (χ0) is 14.7. The van der Waals surface area contributed by atoms with Crippen LogP contribution < -0.4 is 0 Å². The highest BCUT2D eigenvalue weighted by atomic mass is 32.1. The van der Waals surface area contributed by atoms with Gasteiger partial charge in [0.2, 0.25) is 0 Å². The number of hydrogen-bond acceptors (Lipinski definition) is 4. The lowest BCUT2D eigenvalue weighted by atomic mass is 9.94. The van der Waals surface area contributed by atoms with E-state index >= 15 is 0 Å². The van der Waals surface area contributed by atoms with Crippen molar-refractivity contribution >= 4 is 17.3 Å². The SMILES string of the molecule is CCN(C1COCC1C(=O)O)C(c1cccs1)C(C)C.